The summed E-state index contributed by atoms with van der Waals surface area (Å²) in [6.07, 6.45) is -0.206. The lowest BCUT2D eigenvalue weighted by Gasteiger charge is -2.34. The first-order chi connectivity index (χ1) is 9.12. The van der Waals surface area contributed by atoms with Gasteiger partial charge in [0.05, 0.1) is 22.3 Å². The molecule has 1 heterocycles. The lowest BCUT2D eigenvalue weighted by Crippen LogP contribution is -2.47. The molecule has 1 aromatic rings. The average molecular weight is 319 g/mol. The van der Waals surface area contributed by atoms with Gasteiger partial charge in [-0.3, -0.25) is 15.0 Å². The molecule has 20 heavy (non-hydrogen) atoms. The van der Waals surface area contributed by atoms with Crippen LogP contribution in [0.25, 0.3) is 0 Å². The van der Waals surface area contributed by atoms with Crippen molar-refractivity contribution in [1.82, 2.24) is 5.32 Å². The molecular weight excluding hydrogens is 302 g/mol. The van der Waals surface area contributed by atoms with Crippen molar-refractivity contribution in [2.45, 2.75) is 39.9 Å². The molecule has 0 bridgehead atoms. The van der Waals surface area contributed by atoms with E-state index >= 15 is 0 Å². The number of nitrogens with one attached hydrogen (secondary N) is 1. The number of carbonyl (C=O) groups is 1. The number of nitrogens with zero attached hydrogens (tertiary/aromatic N) is 1. The predicted octanol–water partition coefficient (Wildman–Crippen LogP) is 3.83. The standard InChI is InChI=1S/C14H17Cl2FN2O/c1-7-12(20)19(13(18-7)14(2,3)4)8-5-9(15)11(17)10(16)6-8/h5-7,13,18H,1-4H3. The number of rotatable bonds is 1. The smallest absolute Gasteiger partial charge is 0.245 e. The molecule has 0 spiro atoms. The maximum atomic E-state index is 13.5. The van der Waals surface area contributed by atoms with E-state index in [4.69, 9.17) is 23.2 Å². The van der Waals surface area contributed by atoms with Crippen molar-refractivity contribution in [2.75, 3.05) is 4.90 Å². The van der Waals surface area contributed by atoms with Crippen molar-refractivity contribution in [2.24, 2.45) is 5.41 Å². The summed E-state index contributed by atoms with van der Waals surface area (Å²) in [7, 11) is 0. The Labute approximate surface area is 128 Å². The van der Waals surface area contributed by atoms with E-state index < -0.39 is 5.82 Å². The average Bonchev–Trinajstić information content (AvgIpc) is 2.62. The molecule has 1 fully saturated rings. The van der Waals surface area contributed by atoms with E-state index in [1.54, 1.807) is 11.8 Å². The van der Waals surface area contributed by atoms with Crippen LogP contribution in [0.2, 0.25) is 10.0 Å². The second kappa shape index (κ2) is 5.17. The third kappa shape index (κ3) is 2.65. The van der Waals surface area contributed by atoms with Crippen LogP contribution in [0.5, 0.6) is 0 Å². The molecule has 6 heteroatoms. The molecule has 3 nitrogen and oxygen atoms in total. The number of hydrogen-bond donors (Lipinski definition) is 1. The van der Waals surface area contributed by atoms with Gasteiger partial charge in [0.25, 0.3) is 0 Å². The highest BCUT2D eigenvalue weighted by Gasteiger charge is 2.43. The summed E-state index contributed by atoms with van der Waals surface area (Å²) in [4.78, 5) is 14.0. The van der Waals surface area contributed by atoms with Gasteiger partial charge in [0.2, 0.25) is 5.91 Å². The highest BCUT2D eigenvalue weighted by atomic mass is 35.5. The van der Waals surface area contributed by atoms with E-state index in [0.29, 0.717) is 5.69 Å². The van der Waals surface area contributed by atoms with E-state index in [2.05, 4.69) is 5.32 Å². The van der Waals surface area contributed by atoms with Crippen LogP contribution >= 0.6 is 23.2 Å². The first kappa shape index (κ1) is 15.5. The summed E-state index contributed by atoms with van der Waals surface area (Å²) in [6, 6.07) is 2.56. The summed E-state index contributed by atoms with van der Waals surface area (Å²) in [5.74, 6) is -0.749. The third-order valence-electron chi connectivity index (χ3n) is 3.34. The van der Waals surface area contributed by atoms with E-state index in [1.807, 2.05) is 20.8 Å². The Bertz CT molecular complexity index is 534. The Kier molecular flexibility index (Phi) is 4.02. The largest absolute Gasteiger partial charge is 0.294 e. The van der Waals surface area contributed by atoms with Crippen LogP contribution in [0, 0.1) is 11.2 Å². The molecule has 1 N–H and O–H groups in total. The van der Waals surface area contributed by atoms with Gasteiger partial charge < -0.3 is 0 Å². The maximum Gasteiger partial charge on any atom is 0.245 e. The van der Waals surface area contributed by atoms with Gasteiger partial charge >= 0.3 is 0 Å². The van der Waals surface area contributed by atoms with E-state index in [-0.39, 0.29) is 33.6 Å². The third-order valence-corrected chi connectivity index (χ3v) is 3.89. The van der Waals surface area contributed by atoms with Crippen LogP contribution in [0.4, 0.5) is 10.1 Å². The molecule has 1 amide bonds. The van der Waals surface area contributed by atoms with Crippen LogP contribution < -0.4 is 10.2 Å². The molecule has 1 aliphatic heterocycles. The Morgan fingerprint density at radius 3 is 2.20 bits per heavy atom. The van der Waals surface area contributed by atoms with Crippen LogP contribution in [0.1, 0.15) is 27.7 Å². The first-order valence-corrected chi connectivity index (χ1v) is 7.12. The zero-order chi connectivity index (χ0) is 15.2. The lowest BCUT2D eigenvalue weighted by molar-refractivity contribution is -0.118. The van der Waals surface area contributed by atoms with Crippen molar-refractivity contribution < 1.29 is 9.18 Å². The monoisotopic (exact) mass is 318 g/mol. The number of carbonyl (C=O) groups excluding carboxylic acids is 1. The summed E-state index contributed by atoms with van der Waals surface area (Å²) in [6.45, 7) is 7.87. The molecule has 0 saturated carbocycles. The van der Waals surface area contributed by atoms with Crippen LogP contribution in [-0.4, -0.2) is 18.1 Å². The molecule has 1 aromatic carbocycles. The molecule has 0 aromatic heterocycles. The molecule has 110 valence electrons. The topological polar surface area (TPSA) is 32.3 Å². The molecule has 2 unspecified atom stereocenters. The van der Waals surface area contributed by atoms with Gasteiger partial charge in [-0.2, -0.15) is 0 Å². The molecule has 2 atom stereocenters. The number of anilines is 1. The van der Waals surface area contributed by atoms with Gasteiger partial charge in [-0.15, -0.1) is 0 Å². The van der Waals surface area contributed by atoms with Gasteiger partial charge in [-0.05, 0) is 24.5 Å². The fourth-order valence-electron chi connectivity index (χ4n) is 2.31. The van der Waals surface area contributed by atoms with Crippen LogP contribution in [-0.2, 0) is 4.79 Å². The van der Waals surface area contributed by atoms with Crippen molar-refractivity contribution in [3.63, 3.8) is 0 Å². The highest BCUT2D eigenvalue weighted by molar-refractivity contribution is 6.35. The number of benzene rings is 1. The minimum Gasteiger partial charge on any atom is -0.294 e. The van der Waals surface area contributed by atoms with E-state index in [1.165, 1.54) is 12.1 Å². The highest BCUT2D eigenvalue weighted by Crippen LogP contribution is 2.36. The fourth-order valence-corrected chi connectivity index (χ4v) is 2.79. The zero-order valence-corrected chi connectivity index (χ0v) is 13.3. The van der Waals surface area contributed by atoms with Gasteiger partial charge in [-0.25, -0.2) is 4.39 Å². The Balaban J connectivity index is 2.51. The summed E-state index contributed by atoms with van der Waals surface area (Å²) >= 11 is 11.7. The number of hydrogen-bond acceptors (Lipinski definition) is 2. The number of halogens is 3. The summed E-state index contributed by atoms with van der Waals surface area (Å²) in [5.41, 5.74) is 0.316. The minimum absolute atomic E-state index is 0.0799. The normalized spacial score (nSPS) is 23.6. The first-order valence-electron chi connectivity index (χ1n) is 6.36. The predicted molar refractivity (Wildman–Crippen MR) is 79.7 cm³/mol. The SMILES string of the molecule is CC1NC(C(C)(C)C)N(c2cc(Cl)c(F)c(Cl)c2)C1=O. The fraction of sp³-hybridized carbons (Fsp3) is 0.500. The van der Waals surface area contributed by atoms with Gasteiger partial charge in [0.15, 0.2) is 5.82 Å². The van der Waals surface area contributed by atoms with Crippen molar-refractivity contribution in [3.05, 3.63) is 28.0 Å². The quantitative estimate of drug-likeness (QED) is 0.798. The molecule has 0 radical (unpaired) electrons. The van der Waals surface area contributed by atoms with Gasteiger partial charge in [0, 0.05) is 5.69 Å². The second-order valence-corrected chi connectivity index (χ2v) is 6.90. The maximum absolute atomic E-state index is 13.5. The lowest BCUT2D eigenvalue weighted by atomic mass is 9.91. The molecule has 2 rings (SSSR count). The second-order valence-electron chi connectivity index (χ2n) is 6.09. The Hall–Kier alpha value is -0.840. The van der Waals surface area contributed by atoms with Crippen molar-refractivity contribution in [1.29, 1.82) is 0 Å². The Morgan fingerprint density at radius 2 is 1.75 bits per heavy atom. The zero-order valence-electron chi connectivity index (χ0n) is 11.8. The van der Waals surface area contributed by atoms with E-state index in [0.717, 1.165) is 0 Å². The van der Waals surface area contributed by atoms with Crippen LogP contribution in [0.3, 0.4) is 0 Å². The summed E-state index contributed by atoms with van der Waals surface area (Å²) in [5, 5.41) is 3.06. The molecular formula is C14H17Cl2FN2O. The van der Waals surface area contributed by atoms with Gasteiger partial charge in [-0.1, -0.05) is 44.0 Å². The van der Waals surface area contributed by atoms with Crippen LogP contribution in [0.15, 0.2) is 12.1 Å². The molecule has 0 aliphatic carbocycles. The molecule has 1 aliphatic rings. The number of amides is 1. The van der Waals surface area contributed by atoms with Crippen molar-refractivity contribution in [3.8, 4) is 0 Å². The molecule has 1 saturated heterocycles. The van der Waals surface area contributed by atoms with E-state index in [9.17, 15) is 9.18 Å². The Morgan fingerprint density at radius 1 is 1.25 bits per heavy atom. The van der Waals surface area contributed by atoms with Crippen molar-refractivity contribution >= 4 is 34.8 Å². The minimum atomic E-state index is -0.669. The summed E-state index contributed by atoms with van der Waals surface area (Å²) < 4.78 is 13.5. The van der Waals surface area contributed by atoms with Gasteiger partial charge in [0.1, 0.15) is 0 Å².